The van der Waals surface area contributed by atoms with E-state index < -0.39 is 40.9 Å². The monoisotopic (exact) mass is 745 g/mol. The molecule has 4 N–H and O–H groups in total. The fourth-order valence-electron chi connectivity index (χ4n) is 3.87. The van der Waals surface area contributed by atoms with E-state index in [1.54, 1.807) is 50.2 Å². The average molecular weight is 746 g/mol. The SMILES string of the molecule is CC(C)[C@H](NC(=O)c1ccc(NC(=O)CI)cc1)C(=O)N[C@@H](C)C(=O)Nc1ccc(COC(=O)Oc2ccc([N+](=O)[O-])cc2)cc1. The molecule has 15 heteroatoms. The van der Waals surface area contributed by atoms with Crippen LogP contribution in [0.2, 0.25) is 0 Å². The average Bonchev–Trinajstić information content (AvgIpc) is 3.03. The zero-order valence-corrected chi connectivity index (χ0v) is 27.2. The summed E-state index contributed by atoms with van der Waals surface area (Å²) in [4.78, 5) is 72.3. The summed E-state index contributed by atoms with van der Waals surface area (Å²) in [6.45, 7) is 4.90. The number of anilines is 2. The molecule has 0 spiro atoms. The van der Waals surface area contributed by atoms with Crippen LogP contribution in [0.3, 0.4) is 0 Å². The molecule has 0 fully saturated rings. The number of carbonyl (C=O) groups is 5. The summed E-state index contributed by atoms with van der Waals surface area (Å²) < 4.78 is 10.3. The number of benzene rings is 3. The molecular formula is C31H32IN5O9. The Morgan fingerprint density at radius 1 is 0.804 bits per heavy atom. The number of amides is 4. The van der Waals surface area contributed by atoms with Gasteiger partial charge >= 0.3 is 6.16 Å². The Bertz CT molecular complexity index is 1560. The summed E-state index contributed by atoms with van der Waals surface area (Å²) in [6, 6.07) is 15.7. The van der Waals surface area contributed by atoms with Crippen molar-refractivity contribution in [2.75, 3.05) is 15.1 Å². The van der Waals surface area contributed by atoms with E-state index in [9.17, 15) is 34.1 Å². The summed E-state index contributed by atoms with van der Waals surface area (Å²) >= 11 is 1.94. The first-order valence-corrected chi connectivity index (χ1v) is 15.4. The Kier molecular flexibility index (Phi) is 13.0. The van der Waals surface area contributed by atoms with Crippen LogP contribution in [0.4, 0.5) is 21.9 Å². The second-order valence-corrected chi connectivity index (χ2v) is 11.0. The van der Waals surface area contributed by atoms with Crippen molar-refractivity contribution in [1.29, 1.82) is 0 Å². The lowest BCUT2D eigenvalue weighted by atomic mass is 10.0. The van der Waals surface area contributed by atoms with Crippen LogP contribution in [0.15, 0.2) is 72.8 Å². The van der Waals surface area contributed by atoms with E-state index in [-0.39, 0.29) is 29.9 Å². The third-order valence-electron chi connectivity index (χ3n) is 6.37. The predicted octanol–water partition coefficient (Wildman–Crippen LogP) is 4.58. The van der Waals surface area contributed by atoms with Crippen LogP contribution in [0.5, 0.6) is 5.75 Å². The Balaban J connectivity index is 1.47. The number of hydrogen-bond donors (Lipinski definition) is 4. The first kappa shape index (κ1) is 35.4. The van der Waals surface area contributed by atoms with Crippen molar-refractivity contribution in [2.45, 2.75) is 39.5 Å². The van der Waals surface area contributed by atoms with Crippen molar-refractivity contribution >= 4 is 69.4 Å². The highest BCUT2D eigenvalue weighted by Gasteiger charge is 2.27. The van der Waals surface area contributed by atoms with E-state index in [0.717, 1.165) is 0 Å². The third-order valence-corrected chi connectivity index (χ3v) is 7.06. The molecular weight excluding hydrogens is 713 g/mol. The highest BCUT2D eigenvalue weighted by molar-refractivity contribution is 14.1. The van der Waals surface area contributed by atoms with Gasteiger partial charge in [-0.1, -0.05) is 48.6 Å². The lowest BCUT2D eigenvalue weighted by Gasteiger charge is -2.24. The Hall–Kier alpha value is -5.06. The van der Waals surface area contributed by atoms with Gasteiger partial charge in [-0.2, -0.15) is 0 Å². The molecule has 14 nitrogen and oxygen atoms in total. The van der Waals surface area contributed by atoms with Crippen molar-refractivity contribution in [3.05, 3.63) is 94.0 Å². The van der Waals surface area contributed by atoms with Gasteiger partial charge in [0, 0.05) is 29.1 Å². The van der Waals surface area contributed by atoms with Crippen LogP contribution in [-0.2, 0) is 25.7 Å². The summed E-state index contributed by atoms with van der Waals surface area (Å²) in [5, 5.41) is 21.4. The third kappa shape index (κ3) is 10.8. The summed E-state index contributed by atoms with van der Waals surface area (Å²) in [7, 11) is 0. The second-order valence-electron chi connectivity index (χ2n) is 10.3. The second kappa shape index (κ2) is 16.9. The summed E-state index contributed by atoms with van der Waals surface area (Å²) in [5.41, 5.74) is 1.71. The van der Waals surface area contributed by atoms with Crippen LogP contribution in [-0.4, -0.2) is 51.2 Å². The van der Waals surface area contributed by atoms with E-state index in [0.29, 0.717) is 26.9 Å². The topological polar surface area (TPSA) is 195 Å². The Morgan fingerprint density at radius 3 is 1.96 bits per heavy atom. The van der Waals surface area contributed by atoms with E-state index in [1.165, 1.54) is 43.3 Å². The molecule has 0 aliphatic carbocycles. The van der Waals surface area contributed by atoms with Gasteiger partial charge in [0.25, 0.3) is 11.6 Å². The van der Waals surface area contributed by atoms with E-state index in [2.05, 4.69) is 21.3 Å². The zero-order valence-electron chi connectivity index (χ0n) is 25.1. The first-order valence-electron chi connectivity index (χ1n) is 13.9. The van der Waals surface area contributed by atoms with Crippen LogP contribution in [0, 0.1) is 16.0 Å². The van der Waals surface area contributed by atoms with Crippen molar-refractivity contribution < 1.29 is 38.4 Å². The molecule has 4 amide bonds. The molecule has 46 heavy (non-hydrogen) atoms. The highest BCUT2D eigenvalue weighted by Crippen LogP contribution is 2.18. The van der Waals surface area contributed by atoms with Crippen LogP contribution in [0.25, 0.3) is 0 Å². The number of carbonyl (C=O) groups excluding carboxylic acids is 5. The molecule has 0 saturated heterocycles. The molecule has 2 atom stereocenters. The van der Waals surface area contributed by atoms with Crippen LogP contribution < -0.4 is 26.0 Å². The maximum absolute atomic E-state index is 13.0. The smallest absolute Gasteiger partial charge is 0.429 e. The standard InChI is InChI=1S/C31H32IN5O9/c1-18(2)27(36-29(40)21-6-10-22(11-7-21)34-26(38)16-32)30(41)33-19(3)28(39)35-23-8-4-20(5-9-23)17-45-31(42)46-25-14-12-24(13-15-25)37(43)44/h4-15,18-19,27H,16-17H2,1-3H3,(H,33,41)(H,34,38)(H,35,39)(H,36,40)/t19-,27-/m0/s1. The molecule has 0 radical (unpaired) electrons. The molecule has 0 aliphatic rings. The molecule has 0 heterocycles. The number of nitro groups is 1. The van der Waals surface area contributed by atoms with Gasteiger partial charge in [-0.15, -0.1) is 0 Å². The van der Waals surface area contributed by atoms with Gasteiger partial charge in [0.1, 0.15) is 24.4 Å². The van der Waals surface area contributed by atoms with Gasteiger partial charge < -0.3 is 30.7 Å². The number of ether oxygens (including phenoxy) is 2. The largest absolute Gasteiger partial charge is 0.514 e. The van der Waals surface area contributed by atoms with Gasteiger partial charge in [-0.25, -0.2) is 4.79 Å². The Morgan fingerprint density at radius 2 is 1.39 bits per heavy atom. The van der Waals surface area contributed by atoms with Gasteiger partial charge in [-0.05, 0) is 66.9 Å². The number of nitro benzene ring substituents is 1. The zero-order chi connectivity index (χ0) is 33.8. The quantitative estimate of drug-likeness (QED) is 0.0484. The molecule has 3 aromatic rings. The molecule has 0 unspecified atom stereocenters. The predicted molar refractivity (Wildman–Crippen MR) is 177 cm³/mol. The number of nitrogens with zero attached hydrogens (tertiary/aromatic N) is 1. The number of nitrogens with one attached hydrogen (secondary N) is 4. The summed E-state index contributed by atoms with van der Waals surface area (Å²) in [5.74, 6) is -1.89. The minimum Gasteiger partial charge on any atom is -0.429 e. The number of hydrogen-bond acceptors (Lipinski definition) is 9. The van der Waals surface area contributed by atoms with Crippen molar-refractivity contribution in [2.24, 2.45) is 5.92 Å². The molecule has 0 aliphatic heterocycles. The minimum absolute atomic E-state index is 0.0849. The van der Waals surface area contributed by atoms with Crippen LogP contribution >= 0.6 is 22.6 Å². The molecule has 3 rings (SSSR count). The van der Waals surface area contributed by atoms with Gasteiger partial charge in [0.05, 0.1) is 9.35 Å². The maximum Gasteiger partial charge on any atom is 0.514 e. The molecule has 242 valence electrons. The lowest BCUT2D eigenvalue weighted by molar-refractivity contribution is -0.384. The highest BCUT2D eigenvalue weighted by atomic mass is 127. The molecule has 0 aromatic heterocycles. The number of halogens is 1. The van der Waals surface area contributed by atoms with E-state index in [1.807, 2.05) is 22.6 Å². The fourth-order valence-corrected chi connectivity index (χ4v) is 4.06. The number of rotatable bonds is 13. The van der Waals surface area contributed by atoms with Gasteiger partial charge in [0.15, 0.2) is 0 Å². The molecule has 0 bridgehead atoms. The van der Waals surface area contributed by atoms with Gasteiger partial charge in [0.2, 0.25) is 17.7 Å². The number of alkyl halides is 1. The van der Waals surface area contributed by atoms with Gasteiger partial charge in [-0.3, -0.25) is 29.3 Å². The maximum atomic E-state index is 13.0. The normalized spacial score (nSPS) is 11.8. The van der Waals surface area contributed by atoms with E-state index >= 15 is 0 Å². The molecule has 3 aromatic carbocycles. The Labute approximate surface area is 277 Å². The minimum atomic E-state index is -0.998. The fraction of sp³-hybridized carbons (Fsp3) is 0.258. The summed E-state index contributed by atoms with van der Waals surface area (Å²) in [6.07, 6.45) is -0.998. The van der Waals surface area contributed by atoms with Crippen molar-refractivity contribution in [3.63, 3.8) is 0 Å². The van der Waals surface area contributed by atoms with Crippen molar-refractivity contribution in [1.82, 2.24) is 10.6 Å². The first-order chi connectivity index (χ1) is 21.9. The van der Waals surface area contributed by atoms with E-state index in [4.69, 9.17) is 9.47 Å². The number of non-ortho nitro benzene ring substituents is 1. The van der Waals surface area contributed by atoms with Crippen LogP contribution in [0.1, 0.15) is 36.7 Å². The van der Waals surface area contributed by atoms with Crippen molar-refractivity contribution in [3.8, 4) is 5.75 Å². The lowest BCUT2D eigenvalue weighted by Crippen LogP contribution is -2.53. The molecule has 0 saturated carbocycles.